The fourth-order valence-corrected chi connectivity index (χ4v) is 3.09. The summed E-state index contributed by atoms with van der Waals surface area (Å²) in [6.07, 6.45) is 2.33. The third-order valence-electron chi connectivity index (χ3n) is 4.20. The van der Waals surface area contributed by atoms with Gasteiger partial charge in [0, 0.05) is 23.8 Å². The Bertz CT molecular complexity index is 384. The number of anilines is 1. The van der Waals surface area contributed by atoms with Gasteiger partial charge in [0.15, 0.2) is 0 Å². The second-order valence-electron chi connectivity index (χ2n) is 5.42. The maximum absolute atomic E-state index is 3.45. The predicted octanol–water partition coefficient (Wildman–Crippen LogP) is 2.83. The number of nitrogens with one attached hydrogen (secondary N) is 1. The largest absolute Gasteiger partial charge is 0.365 e. The molecule has 1 aromatic rings. The Labute approximate surface area is 105 Å². The molecule has 1 aliphatic rings. The second kappa shape index (κ2) is 4.69. The van der Waals surface area contributed by atoms with Crippen LogP contribution < -0.4 is 10.2 Å². The van der Waals surface area contributed by atoms with Crippen molar-refractivity contribution in [1.29, 1.82) is 0 Å². The maximum atomic E-state index is 3.45. The molecule has 17 heavy (non-hydrogen) atoms. The minimum Gasteiger partial charge on any atom is -0.365 e. The van der Waals surface area contributed by atoms with E-state index in [1.54, 1.807) is 0 Å². The number of rotatable bonds is 3. The van der Waals surface area contributed by atoms with Gasteiger partial charge < -0.3 is 10.2 Å². The van der Waals surface area contributed by atoms with E-state index in [0.29, 0.717) is 6.04 Å². The first-order valence-corrected chi connectivity index (χ1v) is 6.64. The minimum absolute atomic E-state index is 0.194. The minimum atomic E-state index is 0.194. The van der Waals surface area contributed by atoms with Crippen LogP contribution >= 0.6 is 0 Å². The van der Waals surface area contributed by atoms with Crippen LogP contribution in [0.2, 0.25) is 0 Å². The van der Waals surface area contributed by atoms with Crippen molar-refractivity contribution >= 4 is 5.69 Å². The molecule has 0 radical (unpaired) electrons. The van der Waals surface area contributed by atoms with Gasteiger partial charge in [-0.3, -0.25) is 0 Å². The van der Waals surface area contributed by atoms with Crippen molar-refractivity contribution in [2.24, 2.45) is 0 Å². The Morgan fingerprint density at radius 2 is 2.06 bits per heavy atom. The monoisotopic (exact) mass is 232 g/mol. The molecule has 1 aliphatic heterocycles. The zero-order valence-corrected chi connectivity index (χ0v) is 11.5. The van der Waals surface area contributed by atoms with Crippen molar-refractivity contribution in [3.05, 3.63) is 29.8 Å². The van der Waals surface area contributed by atoms with Crippen molar-refractivity contribution < 1.29 is 0 Å². The summed E-state index contributed by atoms with van der Waals surface area (Å²) < 4.78 is 0. The first-order valence-electron chi connectivity index (χ1n) is 6.64. The standard InChI is InChI=1S/C15H24N2/c1-5-12-8-6-7-9-13(12)17-11-10-14(16-4)15(17,2)3/h6-9,14,16H,5,10-11H2,1-4H3. The highest BCUT2D eigenvalue weighted by Gasteiger charge is 2.40. The SMILES string of the molecule is CCc1ccccc1N1CCC(NC)C1(C)C. The molecule has 1 atom stereocenters. The van der Waals surface area contributed by atoms with E-state index < -0.39 is 0 Å². The summed E-state index contributed by atoms with van der Waals surface area (Å²) in [6, 6.07) is 9.38. The fourth-order valence-electron chi connectivity index (χ4n) is 3.09. The summed E-state index contributed by atoms with van der Waals surface area (Å²) in [5.41, 5.74) is 3.06. The van der Waals surface area contributed by atoms with Crippen LogP contribution in [-0.4, -0.2) is 25.2 Å². The molecule has 94 valence electrons. The molecular formula is C15H24N2. The number of likely N-dealkylation sites (N-methyl/N-ethyl adjacent to an activating group) is 1. The van der Waals surface area contributed by atoms with E-state index in [0.717, 1.165) is 13.0 Å². The molecular weight excluding hydrogens is 208 g/mol. The van der Waals surface area contributed by atoms with Crippen molar-refractivity contribution in [1.82, 2.24) is 5.32 Å². The number of nitrogens with zero attached hydrogens (tertiary/aromatic N) is 1. The Kier molecular flexibility index (Phi) is 3.43. The maximum Gasteiger partial charge on any atom is 0.0499 e. The quantitative estimate of drug-likeness (QED) is 0.862. The summed E-state index contributed by atoms with van der Waals surface area (Å²) in [4.78, 5) is 2.56. The average molecular weight is 232 g/mol. The summed E-state index contributed by atoms with van der Waals surface area (Å²) in [6.45, 7) is 8.06. The van der Waals surface area contributed by atoms with Gasteiger partial charge in [-0.2, -0.15) is 0 Å². The topological polar surface area (TPSA) is 15.3 Å². The summed E-state index contributed by atoms with van der Waals surface area (Å²) in [7, 11) is 2.07. The molecule has 2 nitrogen and oxygen atoms in total. The van der Waals surface area contributed by atoms with Crippen molar-refractivity contribution in [3.8, 4) is 0 Å². The second-order valence-corrected chi connectivity index (χ2v) is 5.42. The first-order chi connectivity index (χ1) is 8.11. The number of hydrogen-bond acceptors (Lipinski definition) is 2. The zero-order valence-electron chi connectivity index (χ0n) is 11.5. The lowest BCUT2D eigenvalue weighted by Crippen LogP contribution is -2.50. The summed E-state index contributed by atoms with van der Waals surface area (Å²) in [5, 5.41) is 3.45. The molecule has 2 rings (SSSR count). The molecule has 1 heterocycles. The fraction of sp³-hybridized carbons (Fsp3) is 0.600. The highest BCUT2D eigenvalue weighted by molar-refractivity contribution is 5.57. The molecule has 2 heteroatoms. The lowest BCUT2D eigenvalue weighted by Gasteiger charge is -2.38. The Balaban J connectivity index is 2.35. The molecule has 0 bridgehead atoms. The Morgan fingerprint density at radius 1 is 1.35 bits per heavy atom. The van der Waals surface area contributed by atoms with Gasteiger partial charge in [0.1, 0.15) is 0 Å². The van der Waals surface area contributed by atoms with Crippen molar-refractivity contribution in [3.63, 3.8) is 0 Å². The van der Waals surface area contributed by atoms with Crippen LogP contribution in [0.3, 0.4) is 0 Å². The molecule has 1 fully saturated rings. The molecule has 1 N–H and O–H groups in total. The third-order valence-corrected chi connectivity index (χ3v) is 4.20. The lowest BCUT2D eigenvalue weighted by atomic mass is 9.95. The smallest absolute Gasteiger partial charge is 0.0499 e. The van der Waals surface area contributed by atoms with Crippen molar-refractivity contribution in [2.75, 3.05) is 18.5 Å². The number of para-hydroxylation sites is 1. The first kappa shape index (κ1) is 12.4. The van der Waals surface area contributed by atoms with Crippen LogP contribution in [0.5, 0.6) is 0 Å². The van der Waals surface area contributed by atoms with E-state index in [1.807, 2.05) is 0 Å². The third kappa shape index (κ3) is 2.06. The van der Waals surface area contributed by atoms with E-state index in [4.69, 9.17) is 0 Å². The summed E-state index contributed by atoms with van der Waals surface area (Å²) in [5.74, 6) is 0. The Hall–Kier alpha value is -1.02. The molecule has 0 spiro atoms. The van der Waals surface area contributed by atoms with Crippen LogP contribution in [0.1, 0.15) is 32.8 Å². The molecule has 1 aromatic carbocycles. The summed E-state index contributed by atoms with van der Waals surface area (Å²) >= 11 is 0. The molecule has 0 saturated carbocycles. The number of aryl methyl sites for hydroxylation is 1. The van der Waals surface area contributed by atoms with Gasteiger partial charge in [-0.05, 0) is 45.4 Å². The molecule has 0 amide bonds. The molecule has 1 unspecified atom stereocenters. The normalized spacial score (nSPS) is 23.1. The molecule has 0 aromatic heterocycles. The van der Waals surface area contributed by atoms with E-state index in [2.05, 4.69) is 62.3 Å². The number of hydrogen-bond donors (Lipinski definition) is 1. The van der Waals surface area contributed by atoms with Crippen LogP contribution in [0.15, 0.2) is 24.3 Å². The van der Waals surface area contributed by atoms with Gasteiger partial charge in [-0.25, -0.2) is 0 Å². The van der Waals surface area contributed by atoms with Crippen LogP contribution in [-0.2, 0) is 6.42 Å². The predicted molar refractivity (Wildman–Crippen MR) is 74.7 cm³/mol. The lowest BCUT2D eigenvalue weighted by molar-refractivity contribution is 0.402. The van der Waals surface area contributed by atoms with Crippen LogP contribution in [0.25, 0.3) is 0 Å². The van der Waals surface area contributed by atoms with Crippen LogP contribution in [0, 0.1) is 0 Å². The number of benzene rings is 1. The van der Waals surface area contributed by atoms with E-state index in [-0.39, 0.29) is 5.54 Å². The van der Waals surface area contributed by atoms with E-state index in [1.165, 1.54) is 17.7 Å². The van der Waals surface area contributed by atoms with Crippen LogP contribution in [0.4, 0.5) is 5.69 Å². The highest BCUT2D eigenvalue weighted by atomic mass is 15.3. The average Bonchev–Trinajstić information content (AvgIpc) is 2.63. The van der Waals surface area contributed by atoms with Gasteiger partial charge in [-0.1, -0.05) is 25.1 Å². The van der Waals surface area contributed by atoms with Gasteiger partial charge in [0.05, 0.1) is 0 Å². The van der Waals surface area contributed by atoms with E-state index >= 15 is 0 Å². The van der Waals surface area contributed by atoms with Crippen molar-refractivity contribution in [2.45, 2.75) is 45.2 Å². The molecule has 1 saturated heterocycles. The zero-order chi connectivity index (χ0) is 12.5. The molecule has 0 aliphatic carbocycles. The Morgan fingerprint density at radius 3 is 2.65 bits per heavy atom. The van der Waals surface area contributed by atoms with E-state index in [9.17, 15) is 0 Å². The highest BCUT2D eigenvalue weighted by Crippen LogP contribution is 2.35. The van der Waals surface area contributed by atoms with Gasteiger partial charge in [0.2, 0.25) is 0 Å². The van der Waals surface area contributed by atoms with Gasteiger partial charge in [0.25, 0.3) is 0 Å². The van der Waals surface area contributed by atoms with Gasteiger partial charge in [-0.15, -0.1) is 0 Å². The van der Waals surface area contributed by atoms with Gasteiger partial charge >= 0.3 is 0 Å².